The van der Waals surface area contributed by atoms with E-state index in [4.69, 9.17) is 0 Å². The van der Waals surface area contributed by atoms with Crippen molar-refractivity contribution in [3.63, 3.8) is 0 Å². The molecule has 1 aromatic carbocycles. The van der Waals surface area contributed by atoms with E-state index < -0.39 is 11.2 Å². The molecular formula is C20H30FN5O2. The third-order valence-electron chi connectivity index (χ3n) is 4.85. The normalized spacial score (nSPS) is 15.8. The smallest absolute Gasteiger partial charge is 0.246 e. The number of benzene rings is 1. The first-order valence-electron chi connectivity index (χ1n) is 9.65. The number of halogens is 1. The van der Waals surface area contributed by atoms with Crippen molar-refractivity contribution in [2.45, 2.75) is 32.6 Å². The summed E-state index contributed by atoms with van der Waals surface area (Å²) in [7, 11) is 3.55. The number of nitrogens with zero attached hydrogens (tertiary/aromatic N) is 2. The van der Waals surface area contributed by atoms with Gasteiger partial charge in [-0.1, -0.05) is 18.9 Å². The summed E-state index contributed by atoms with van der Waals surface area (Å²) in [6, 6.07) is 5.71. The summed E-state index contributed by atoms with van der Waals surface area (Å²) >= 11 is 0. The molecule has 1 saturated carbocycles. The molecule has 0 unspecified atom stereocenters. The van der Waals surface area contributed by atoms with Gasteiger partial charge in [0.1, 0.15) is 12.4 Å². The largest absolute Gasteiger partial charge is 0.357 e. The molecule has 0 aliphatic heterocycles. The predicted octanol–water partition coefficient (Wildman–Crippen LogP) is 1.97. The molecule has 0 aromatic heterocycles. The third kappa shape index (κ3) is 5.94. The summed E-state index contributed by atoms with van der Waals surface area (Å²) in [6.07, 6.45) is 3.75. The summed E-state index contributed by atoms with van der Waals surface area (Å²) in [4.78, 5) is 30.7. The number of carbonyl (C=O) groups is 2. The van der Waals surface area contributed by atoms with Gasteiger partial charge in [0.25, 0.3) is 0 Å². The van der Waals surface area contributed by atoms with E-state index in [2.05, 4.69) is 20.9 Å². The van der Waals surface area contributed by atoms with Gasteiger partial charge in [-0.2, -0.15) is 0 Å². The number of rotatable bonds is 7. The van der Waals surface area contributed by atoms with Gasteiger partial charge in [-0.3, -0.25) is 9.59 Å². The molecular weight excluding hydrogens is 361 g/mol. The van der Waals surface area contributed by atoms with Gasteiger partial charge in [0, 0.05) is 32.9 Å². The lowest BCUT2D eigenvalue weighted by molar-refractivity contribution is -0.138. The van der Waals surface area contributed by atoms with Crippen LogP contribution in [0.15, 0.2) is 29.3 Å². The second kappa shape index (κ2) is 10.1. The Morgan fingerprint density at radius 2 is 1.93 bits per heavy atom. The Labute approximate surface area is 165 Å². The van der Waals surface area contributed by atoms with Gasteiger partial charge in [-0.25, -0.2) is 9.38 Å². The maximum Gasteiger partial charge on any atom is 0.246 e. The summed E-state index contributed by atoms with van der Waals surface area (Å²) < 4.78 is 13.2. The molecule has 1 fully saturated rings. The molecule has 0 radical (unpaired) electrons. The van der Waals surface area contributed by atoms with E-state index in [1.165, 1.54) is 18.2 Å². The molecule has 7 nitrogen and oxygen atoms in total. The molecule has 3 N–H and O–H groups in total. The number of aliphatic imine (C=N–C) groups is 1. The molecule has 0 atom stereocenters. The minimum absolute atomic E-state index is 0.111. The van der Waals surface area contributed by atoms with Crippen LogP contribution in [0.25, 0.3) is 0 Å². The quantitative estimate of drug-likeness (QED) is 0.490. The first kappa shape index (κ1) is 21.7. The Morgan fingerprint density at radius 3 is 2.54 bits per heavy atom. The molecule has 28 heavy (non-hydrogen) atoms. The van der Waals surface area contributed by atoms with Crippen LogP contribution in [-0.4, -0.2) is 56.4 Å². The van der Waals surface area contributed by atoms with Crippen molar-refractivity contribution in [1.29, 1.82) is 0 Å². The molecule has 0 heterocycles. The molecule has 0 saturated heterocycles. The average Bonchev–Trinajstić information content (AvgIpc) is 3.13. The molecule has 1 aliphatic rings. The van der Waals surface area contributed by atoms with Crippen LogP contribution < -0.4 is 16.0 Å². The van der Waals surface area contributed by atoms with Crippen LogP contribution in [0.5, 0.6) is 0 Å². The van der Waals surface area contributed by atoms with Crippen LogP contribution in [0.3, 0.4) is 0 Å². The number of hydrogen-bond donors (Lipinski definition) is 3. The Bertz CT molecular complexity index is 714. The number of amides is 2. The molecule has 2 rings (SSSR count). The predicted molar refractivity (Wildman–Crippen MR) is 109 cm³/mol. The molecule has 1 aliphatic carbocycles. The van der Waals surface area contributed by atoms with Crippen LogP contribution in [-0.2, 0) is 9.59 Å². The van der Waals surface area contributed by atoms with Crippen molar-refractivity contribution < 1.29 is 14.0 Å². The zero-order valence-corrected chi connectivity index (χ0v) is 16.8. The minimum atomic E-state index is -0.427. The van der Waals surface area contributed by atoms with Crippen molar-refractivity contribution in [3.05, 3.63) is 30.1 Å². The summed E-state index contributed by atoms with van der Waals surface area (Å²) in [6.45, 7) is 2.92. The monoisotopic (exact) mass is 391 g/mol. The van der Waals surface area contributed by atoms with Crippen LogP contribution in [0.1, 0.15) is 32.6 Å². The van der Waals surface area contributed by atoms with Crippen LogP contribution in [0.2, 0.25) is 0 Å². The lowest BCUT2D eigenvalue weighted by atomic mass is 9.84. The number of guanidine groups is 1. The van der Waals surface area contributed by atoms with Crippen molar-refractivity contribution in [2.24, 2.45) is 10.4 Å². The van der Waals surface area contributed by atoms with E-state index in [1.807, 2.05) is 6.92 Å². The fourth-order valence-corrected chi connectivity index (χ4v) is 3.50. The summed E-state index contributed by atoms with van der Waals surface area (Å²) in [5.41, 5.74) is -0.0385. The second-order valence-corrected chi connectivity index (χ2v) is 7.29. The maximum atomic E-state index is 13.2. The van der Waals surface area contributed by atoms with Crippen LogP contribution >= 0.6 is 0 Å². The van der Waals surface area contributed by atoms with E-state index in [0.717, 1.165) is 25.7 Å². The minimum Gasteiger partial charge on any atom is -0.357 e. The zero-order valence-electron chi connectivity index (χ0n) is 16.8. The van der Waals surface area contributed by atoms with E-state index in [0.29, 0.717) is 24.7 Å². The first-order valence-corrected chi connectivity index (χ1v) is 9.65. The topological polar surface area (TPSA) is 85.8 Å². The van der Waals surface area contributed by atoms with E-state index in [1.54, 1.807) is 25.1 Å². The van der Waals surface area contributed by atoms with Crippen molar-refractivity contribution >= 4 is 23.5 Å². The van der Waals surface area contributed by atoms with Crippen molar-refractivity contribution in [2.75, 3.05) is 39.0 Å². The molecule has 0 spiro atoms. The average molecular weight is 391 g/mol. The van der Waals surface area contributed by atoms with Gasteiger partial charge < -0.3 is 20.9 Å². The van der Waals surface area contributed by atoms with E-state index in [9.17, 15) is 14.0 Å². The van der Waals surface area contributed by atoms with Gasteiger partial charge in [0.15, 0.2) is 5.96 Å². The molecule has 1 aromatic rings. The highest BCUT2D eigenvalue weighted by atomic mass is 19.1. The molecule has 8 heteroatoms. The third-order valence-corrected chi connectivity index (χ3v) is 4.85. The lowest BCUT2D eigenvalue weighted by Gasteiger charge is -2.31. The highest BCUT2D eigenvalue weighted by Gasteiger charge is 2.42. The maximum absolute atomic E-state index is 13.2. The highest BCUT2D eigenvalue weighted by molar-refractivity contribution is 5.94. The molecule has 154 valence electrons. The van der Waals surface area contributed by atoms with Gasteiger partial charge in [0.2, 0.25) is 11.8 Å². The van der Waals surface area contributed by atoms with Crippen molar-refractivity contribution in [3.8, 4) is 0 Å². The Kier molecular flexibility index (Phi) is 7.78. The zero-order chi connectivity index (χ0) is 20.6. The fraction of sp³-hybridized carbons (Fsp3) is 0.550. The fourth-order valence-electron chi connectivity index (χ4n) is 3.50. The van der Waals surface area contributed by atoms with Gasteiger partial charge in [0.05, 0.1) is 5.41 Å². The number of carbonyl (C=O) groups excluding carboxylic acids is 2. The number of anilines is 1. The summed E-state index contributed by atoms with van der Waals surface area (Å²) in [5, 5.41) is 8.93. The van der Waals surface area contributed by atoms with Crippen molar-refractivity contribution in [1.82, 2.24) is 15.5 Å². The summed E-state index contributed by atoms with van der Waals surface area (Å²) in [5.74, 6) is -0.154. The van der Waals surface area contributed by atoms with E-state index in [-0.39, 0.29) is 18.4 Å². The van der Waals surface area contributed by atoms with Gasteiger partial charge in [-0.05, 0) is 38.0 Å². The first-order chi connectivity index (χ1) is 13.4. The highest BCUT2D eigenvalue weighted by Crippen LogP contribution is 2.38. The Hall–Kier alpha value is -2.64. The van der Waals surface area contributed by atoms with Crippen LogP contribution in [0, 0.1) is 11.2 Å². The lowest BCUT2D eigenvalue weighted by Crippen LogP contribution is -2.49. The SMILES string of the molecule is CCNC(=NCC(=O)Nc1cccc(F)c1)NCC1(C(=O)N(C)C)CCCC1. The van der Waals surface area contributed by atoms with E-state index >= 15 is 0 Å². The van der Waals surface area contributed by atoms with Gasteiger partial charge >= 0.3 is 0 Å². The Balaban J connectivity index is 1.97. The van der Waals surface area contributed by atoms with Gasteiger partial charge in [-0.15, -0.1) is 0 Å². The standard InChI is InChI=1S/C20H30FN5O2/c1-4-22-19(23-13-17(27)25-16-9-7-8-15(21)12-16)24-14-20(10-5-6-11-20)18(28)26(2)3/h7-9,12H,4-6,10-11,13-14H2,1-3H3,(H,25,27)(H2,22,23,24). The molecule has 0 bridgehead atoms. The second-order valence-electron chi connectivity index (χ2n) is 7.29. The number of nitrogens with one attached hydrogen (secondary N) is 3. The van der Waals surface area contributed by atoms with Crippen LogP contribution in [0.4, 0.5) is 10.1 Å². The Morgan fingerprint density at radius 1 is 1.21 bits per heavy atom. The molecule has 2 amide bonds. The number of hydrogen-bond acceptors (Lipinski definition) is 3.